The molecule has 2 nitrogen and oxygen atoms in total. The summed E-state index contributed by atoms with van der Waals surface area (Å²) in [7, 11) is 0. The van der Waals surface area contributed by atoms with Gasteiger partial charge in [0.2, 0.25) is 0 Å². The molecule has 0 spiro atoms. The molecule has 15 heavy (non-hydrogen) atoms. The van der Waals surface area contributed by atoms with Gasteiger partial charge in [-0.3, -0.25) is 4.98 Å². The molecule has 1 aromatic carbocycles. The van der Waals surface area contributed by atoms with Crippen LogP contribution in [0.2, 0.25) is 0 Å². The standard InChI is InChI=1S/C13H10N2/c1-10-4-2-3-5-12(10)13-7-6-11(8-14)9-15-13/h2-7,9H,1H3. The van der Waals surface area contributed by atoms with Crippen LogP contribution in [0.3, 0.4) is 0 Å². The minimum Gasteiger partial charge on any atom is -0.255 e. The zero-order valence-corrected chi connectivity index (χ0v) is 8.44. The number of nitriles is 1. The first-order valence-corrected chi connectivity index (χ1v) is 4.73. The number of nitrogens with zero attached hydrogens (tertiary/aromatic N) is 2. The second-order valence-electron chi connectivity index (χ2n) is 3.36. The van der Waals surface area contributed by atoms with Gasteiger partial charge in [0, 0.05) is 11.8 Å². The summed E-state index contributed by atoms with van der Waals surface area (Å²) in [5, 5.41) is 8.66. The third kappa shape index (κ3) is 1.87. The Morgan fingerprint density at radius 2 is 1.93 bits per heavy atom. The molecule has 72 valence electrons. The predicted molar refractivity (Wildman–Crippen MR) is 59.1 cm³/mol. The van der Waals surface area contributed by atoms with Gasteiger partial charge in [-0.1, -0.05) is 24.3 Å². The summed E-state index contributed by atoms with van der Waals surface area (Å²) < 4.78 is 0. The number of hydrogen-bond donors (Lipinski definition) is 0. The Balaban J connectivity index is 2.47. The minimum atomic E-state index is 0.590. The van der Waals surface area contributed by atoms with Crippen molar-refractivity contribution < 1.29 is 0 Å². The Hall–Kier alpha value is -2.14. The first-order chi connectivity index (χ1) is 7.31. The lowest BCUT2D eigenvalue weighted by molar-refractivity contribution is 1.29. The van der Waals surface area contributed by atoms with Gasteiger partial charge in [-0.25, -0.2) is 0 Å². The number of hydrogen-bond acceptors (Lipinski definition) is 2. The molecule has 2 rings (SSSR count). The smallest absolute Gasteiger partial charge is 0.101 e. The zero-order chi connectivity index (χ0) is 10.7. The van der Waals surface area contributed by atoms with Crippen LogP contribution in [0.1, 0.15) is 11.1 Å². The summed E-state index contributed by atoms with van der Waals surface area (Å²) in [6, 6.07) is 13.8. The number of aryl methyl sites for hydroxylation is 1. The number of rotatable bonds is 1. The summed E-state index contributed by atoms with van der Waals surface area (Å²) in [5.74, 6) is 0. The van der Waals surface area contributed by atoms with Crippen molar-refractivity contribution >= 4 is 0 Å². The molecule has 2 heteroatoms. The van der Waals surface area contributed by atoms with Crippen molar-refractivity contribution in [1.82, 2.24) is 4.98 Å². The van der Waals surface area contributed by atoms with Gasteiger partial charge in [0.1, 0.15) is 6.07 Å². The molecule has 0 saturated carbocycles. The van der Waals surface area contributed by atoms with Crippen molar-refractivity contribution in [2.45, 2.75) is 6.92 Å². The minimum absolute atomic E-state index is 0.590. The van der Waals surface area contributed by atoms with Crippen molar-refractivity contribution in [3.05, 3.63) is 53.7 Å². The van der Waals surface area contributed by atoms with Gasteiger partial charge < -0.3 is 0 Å². The molecule has 0 aliphatic carbocycles. The van der Waals surface area contributed by atoms with Gasteiger partial charge in [0.25, 0.3) is 0 Å². The number of pyridine rings is 1. The highest BCUT2D eigenvalue weighted by Gasteiger charge is 2.01. The summed E-state index contributed by atoms with van der Waals surface area (Å²) in [4.78, 5) is 4.26. The van der Waals surface area contributed by atoms with Crippen LogP contribution >= 0.6 is 0 Å². The van der Waals surface area contributed by atoms with E-state index in [0.29, 0.717) is 5.56 Å². The van der Waals surface area contributed by atoms with Gasteiger partial charge >= 0.3 is 0 Å². The normalized spacial score (nSPS) is 9.60. The average molecular weight is 194 g/mol. The van der Waals surface area contributed by atoms with E-state index in [1.807, 2.05) is 24.3 Å². The van der Waals surface area contributed by atoms with Crippen LogP contribution in [0.5, 0.6) is 0 Å². The molecule has 1 aromatic heterocycles. The molecule has 0 atom stereocenters. The first-order valence-electron chi connectivity index (χ1n) is 4.73. The lowest BCUT2D eigenvalue weighted by atomic mass is 10.1. The highest BCUT2D eigenvalue weighted by molar-refractivity contribution is 5.63. The molecule has 0 bridgehead atoms. The third-order valence-corrected chi connectivity index (χ3v) is 2.31. The summed E-state index contributed by atoms with van der Waals surface area (Å²) in [6.07, 6.45) is 1.60. The van der Waals surface area contributed by atoms with Crippen molar-refractivity contribution in [3.63, 3.8) is 0 Å². The van der Waals surface area contributed by atoms with Crippen molar-refractivity contribution in [2.24, 2.45) is 0 Å². The largest absolute Gasteiger partial charge is 0.255 e. The monoisotopic (exact) mass is 194 g/mol. The van der Waals surface area contributed by atoms with E-state index < -0.39 is 0 Å². The fourth-order valence-corrected chi connectivity index (χ4v) is 1.48. The summed E-state index contributed by atoms with van der Waals surface area (Å²) in [5.41, 5.74) is 3.80. The van der Waals surface area contributed by atoms with Crippen LogP contribution in [-0.2, 0) is 0 Å². The molecule has 0 amide bonds. The van der Waals surface area contributed by atoms with Crippen molar-refractivity contribution in [1.29, 1.82) is 5.26 Å². The Labute approximate surface area is 88.8 Å². The van der Waals surface area contributed by atoms with Gasteiger partial charge in [0.15, 0.2) is 0 Å². The fourth-order valence-electron chi connectivity index (χ4n) is 1.48. The third-order valence-electron chi connectivity index (χ3n) is 2.31. The molecule has 0 fully saturated rings. The van der Waals surface area contributed by atoms with E-state index in [-0.39, 0.29) is 0 Å². The maximum Gasteiger partial charge on any atom is 0.101 e. The van der Waals surface area contributed by atoms with E-state index in [1.165, 1.54) is 5.56 Å². The number of benzene rings is 1. The second-order valence-corrected chi connectivity index (χ2v) is 3.36. The molecule has 0 aliphatic rings. The predicted octanol–water partition coefficient (Wildman–Crippen LogP) is 2.93. The maximum absolute atomic E-state index is 8.66. The van der Waals surface area contributed by atoms with Crippen LogP contribution in [0.25, 0.3) is 11.3 Å². The molecule has 0 aliphatic heterocycles. The average Bonchev–Trinajstić information content (AvgIpc) is 2.30. The van der Waals surface area contributed by atoms with Crippen LogP contribution in [0.4, 0.5) is 0 Å². The molecule has 1 heterocycles. The maximum atomic E-state index is 8.66. The van der Waals surface area contributed by atoms with Gasteiger partial charge in [-0.15, -0.1) is 0 Å². The highest BCUT2D eigenvalue weighted by atomic mass is 14.7. The second kappa shape index (κ2) is 3.93. The zero-order valence-electron chi connectivity index (χ0n) is 8.44. The van der Waals surface area contributed by atoms with Crippen LogP contribution in [0.15, 0.2) is 42.6 Å². The van der Waals surface area contributed by atoms with E-state index in [1.54, 1.807) is 12.3 Å². The van der Waals surface area contributed by atoms with Gasteiger partial charge in [-0.05, 0) is 24.6 Å². The van der Waals surface area contributed by atoms with E-state index >= 15 is 0 Å². The molecular weight excluding hydrogens is 184 g/mol. The molecular formula is C13H10N2. The quantitative estimate of drug-likeness (QED) is 0.699. The van der Waals surface area contributed by atoms with Crippen molar-refractivity contribution in [2.75, 3.05) is 0 Å². The van der Waals surface area contributed by atoms with E-state index in [2.05, 4.69) is 24.0 Å². The van der Waals surface area contributed by atoms with Gasteiger partial charge in [0.05, 0.1) is 11.3 Å². The topological polar surface area (TPSA) is 36.7 Å². The summed E-state index contributed by atoms with van der Waals surface area (Å²) >= 11 is 0. The first kappa shape index (κ1) is 9.42. The Morgan fingerprint density at radius 3 is 2.53 bits per heavy atom. The molecule has 0 saturated heterocycles. The van der Waals surface area contributed by atoms with Crippen LogP contribution < -0.4 is 0 Å². The van der Waals surface area contributed by atoms with Gasteiger partial charge in [-0.2, -0.15) is 5.26 Å². The van der Waals surface area contributed by atoms with E-state index in [0.717, 1.165) is 11.3 Å². The van der Waals surface area contributed by atoms with E-state index in [9.17, 15) is 0 Å². The summed E-state index contributed by atoms with van der Waals surface area (Å²) in [6.45, 7) is 2.05. The Morgan fingerprint density at radius 1 is 1.13 bits per heavy atom. The van der Waals surface area contributed by atoms with Crippen LogP contribution in [0, 0.1) is 18.3 Å². The lowest BCUT2D eigenvalue weighted by Crippen LogP contribution is -1.87. The lowest BCUT2D eigenvalue weighted by Gasteiger charge is -2.03. The molecule has 0 unspecified atom stereocenters. The van der Waals surface area contributed by atoms with E-state index in [4.69, 9.17) is 5.26 Å². The molecule has 0 radical (unpaired) electrons. The van der Waals surface area contributed by atoms with Crippen molar-refractivity contribution in [3.8, 4) is 17.3 Å². The molecule has 0 N–H and O–H groups in total. The SMILES string of the molecule is Cc1ccccc1-c1ccc(C#N)cn1. The van der Waals surface area contributed by atoms with Crippen LogP contribution in [-0.4, -0.2) is 4.98 Å². The molecule has 2 aromatic rings. The Bertz CT molecular complexity index is 507. The fraction of sp³-hybridized carbons (Fsp3) is 0.0769. The number of aromatic nitrogens is 1. The highest BCUT2D eigenvalue weighted by Crippen LogP contribution is 2.20. The Kier molecular flexibility index (Phi) is 2.47.